The smallest absolute Gasteiger partial charge is 0.234 e. The first-order valence-corrected chi connectivity index (χ1v) is 8.40. The summed E-state index contributed by atoms with van der Waals surface area (Å²) in [5.74, 6) is 0. The molecule has 0 saturated carbocycles. The number of fused-ring (bicyclic) bond motifs is 1. The maximum absolute atomic E-state index is 5.82. The van der Waals surface area contributed by atoms with Gasteiger partial charge in [0.05, 0.1) is 6.54 Å². The summed E-state index contributed by atoms with van der Waals surface area (Å²) in [6.45, 7) is 0.709. The molecule has 110 valence electrons. The molecular formula is C13H9ClN6S2. The molecule has 0 aliphatic carbocycles. The molecular weight excluding hydrogens is 340 g/mol. The largest absolute Gasteiger partial charge is 0.380 e. The Bertz CT molecular complexity index is 882. The third-order valence-electron chi connectivity index (χ3n) is 3.01. The summed E-state index contributed by atoms with van der Waals surface area (Å²) in [6.07, 6.45) is 3.39. The highest BCUT2D eigenvalue weighted by Gasteiger charge is 2.07. The molecule has 4 aromatic rings. The van der Waals surface area contributed by atoms with Crippen molar-refractivity contribution in [1.82, 2.24) is 24.8 Å². The van der Waals surface area contributed by atoms with E-state index in [9.17, 15) is 0 Å². The molecule has 4 rings (SSSR count). The average Bonchev–Trinajstić information content (AvgIpc) is 3.21. The first-order chi connectivity index (χ1) is 10.8. The Morgan fingerprint density at radius 3 is 2.77 bits per heavy atom. The Balaban J connectivity index is 1.49. The van der Waals surface area contributed by atoms with Gasteiger partial charge in [-0.25, -0.2) is 4.98 Å². The van der Waals surface area contributed by atoms with Gasteiger partial charge in [0.2, 0.25) is 4.96 Å². The number of aromatic nitrogens is 5. The molecule has 0 spiro atoms. The highest BCUT2D eigenvalue weighted by Crippen LogP contribution is 2.26. The summed E-state index contributed by atoms with van der Waals surface area (Å²) >= 11 is 8.81. The maximum Gasteiger partial charge on any atom is 0.234 e. The van der Waals surface area contributed by atoms with Crippen molar-refractivity contribution in [2.24, 2.45) is 0 Å². The van der Waals surface area contributed by atoms with Crippen molar-refractivity contribution in [2.45, 2.75) is 6.54 Å². The fourth-order valence-corrected chi connectivity index (χ4v) is 3.70. The van der Waals surface area contributed by atoms with Crippen LogP contribution in [0.25, 0.3) is 15.5 Å². The van der Waals surface area contributed by atoms with E-state index >= 15 is 0 Å². The zero-order valence-electron chi connectivity index (χ0n) is 11.1. The lowest BCUT2D eigenvalue weighted by Crippen LogP contribution is -1.96. The number of hydrogen-bond acceptors (Lipinski definition) is 7. The van der Waals surface area contributed by atoms with Gasteiger partial charge in [-0.05, 0) is 24.3 Å². The van der Waals surface area contributed by atoms with E-state index in [-0.39, 0.29) is 0 Å². The normalized spacial score (nSPS) is 11.1. The van der Waals surface area contributed by atoms with Crippen LogP contribution >= 0.6 is 34.3 Å². The number of rotatable bonds is 4. The molecule has 0 atom stereocenters. The predicted octanol–water partition coefficient (Wildman–Crippen LogP) is 3.57. The SMILES string of the molecule is Clc1ncc(CNc2ccc(-c3nn4cnnc4s3)cc2)s1. The molecule has 3 heterocycles. The van der Waals surface area contributed by atoms with Crippen molar-refractivity contribution < 1.29 is 0 Å². The molecule has 0 saturated heterocycles. The van der Waals surface area contributed by atoms with E-state index in [1.807, 2.05) is 24.3 Å². The molecule has 0 aliphatic heterocycles. The Kier molecular flexibility index (Phi) is 3.49. The minimum Gasteiger partial charge on any atom is -0.380 e. The van der Waals surface area contributed by atoms with Gasteiger partial charge in [-0.3, -0.25) is 0 Å². The first kappa shape index (κ1) is 13.6. The number of benzene rings is 1. The van der Waals surface area contributed by atoms with E-state index < -0.39 is 0 Å². The van der Waals surface area contributed by atoms with Gasteiger partial charge in [0.25, 0.3) is 0 Å². The molecule has 0 fully saturated rings. The molecule has 9 heteroatoms. The fraction of sp³-hybridized carbons (Fsp3) is 0.0769. The molecule has 0 amide bonds. The van der Waals surface area contributed by atoms with E-state index in [4.69, 9.17) is 11.6 Å². The summed E-state index contributed by atoms with van der Waals surface area (Å²) in [5, 5.41) is 16.5. The maximum atomic E-state index is 5.82. The topological polar surface area (TPSA) is 68.0 Å². The molecule has 22 heavy (non-hydrogen) atoms. The third kappa shape index (κ3) is 2.68. The van der Waals surface area contributed by atoms with Crippen LogP contribution in [-0.2, 0) is 6.54 Å². The molecule has 0 radical (unpaired) electrons. The fourth-order valence-electron chi connectivity index (χ4n) is 1.96. The molecule has 6 nitrogen and oxygen atoms in total. The van der Waals surface area contributed by atoms with Crippen LogP contribution in [0, 0.1) is 0 Å². The number of thiazole rings is 1. The van der Waals surface area contributed by atoms with Gasteiger partial charge >= 0.3 is 0 Å². The third-order valence-corrected chi connectivity index (χ3v) is 5.09. The summed E-state index contributed by atoms with van der Waals surface area (Å²) < 4.78 is 2.25. The monoisotopic (exact) mass is 348 g/mol. The summed E-state index contributed by atoms with van der Waals surface area (Å²) in [7, 11) is 0. The number of nitrogens with one attached hydrogen (secondary N) is 1. The highest BCUT2D eigenvalue weighted by molar-refractivity contribution is 7.19. The number of halogens is 1. The predicted molar refractivity (Wildman–Crippen MR) is 88.5 cm³/mol. The molecule has 0 unspecified atom stereocenters. The second kappa shape index (κ2) is 5.64. The Labute approximate surface area is 138 Å². The van der Waals surface area contributed by atoms with E-state index in [2.05, 4.69) is 25.6 Å². The van der Waals surface area contributed by atoms with Gasteiger partial charge in [0.15, 0.2) is 4.47 Å². The van der Waals surface area contributed by atoms with Gasteiger partial charge in [-0.15, -0.1) is 21.5 Å². The van der Waals surface area contributed by atoms with E-state index in [0.717, 1.165) is 26.1 Å². The number of nitrogens with zero attached hydrogens (tertiary/aromatic N) is 5. The molecule has 0 bridgehead atoms. The van der Waals surface area contributed by atoms with Crippen molar-refractivity contribution in [3.63, 3.8) is 0 Å². The van der Waals surface area contributed by atoms with Crippen molar-refractivity contribution in [3.8, 4) is 10.6 Å². The summed E-state index contributed by atoms with van der Waals surface area (Å²) in [4.78, 5) is 5.91. The van der Waals surface area contributed by atoms with Crippen LogP contribution < -0.4 is 5.32 Å². The summed E-state index contributed by atoms with van der Waals surface area (Å²) in [6, 6.07) is 8.13. The average molecular weight is 349 g/mol. The summed E-state index contributed by atoms with van der Waals surface area (Å²) in [5.41, 5.74) is 2.10. The van der Waals surface area contributed by atoms with Crippen LogP contribution in [0.1, 0.15) is 4.88 Å². The standard InChI is InChI=1S/C13H9ClN6S2/c14-12-16-6-10(21-12)5-15-9-3-1-8(2-4-9)11-19-20-7-17-18-13(20)22-11/h1-4,6-7,15H,5H2. The van der Waals surface area contributed by atoms with Gasteiger partial charge < -0.3 is 5.32 Å². The van der Waals surface area contributed by atoms with E-state index in [1.54, 1.807) is 17.0 Å². The van der Waals surface area contributed by atoms with E-state index in [1.165, 1.54) is 22.7 Å². The van der Waals surface area contributed by atoms with Crippen LogP contribution in [0.4, 0.5) is 5.69 Å². The van der Waals surface area contributed by atoms with Crippen LogP contribution in [0.3, 0.4) is 0 Å². The second-order valence-electron chi connectivity index (χ2n) is 4.48. The van der Waals surface area contributed by atoms with Gasteiger partial charge in [0.1, 0.15) is 11.3 Å². The van der Waals surface area contributed by atoms with Crippen molar-refractivity contribution in [2.75, 3.05) is 5.32 Å². The molecule has 3 aromatic heterocycles. The minimum atomic E-state index is 0.565. The van der Waals surface area contributed by atoms with Gasteiger partial charge in [-0.1, -0.05) is 22.9 Å². The number of anilines is 1. The van der Waals surface area contributed by atoms with Crippen LogP contribution in [-0.4, -0.2) is 24.8 Å². The lowest BCUT2D eigenvalue weighted by molar-refractivity contribution is 0.960. The lowest BCUT2D eigenvalue weighted by Gasteiger charge is -2.04. The quantitative estimate of drug-likeness (QED) is 0.610. The van der Waals surface area contributed by atoms with Crippen LogP contribution in [0.2, 0.25) is 4.47 Å². The zero-order valence-corrected chi connectivity index (χ0v) is 13.5. The van der Waals surface area contributed by atoms with Gasteiger partial charge in [0, 0.05) is 22.3 Å². The highest BCUT2D eigenvalue weighted by atomic mass is 35.5. The van der Waals surface area contributed by atoms with Gasteiger partial charge in [-0.2, -0.15) is 9.61 Å². The first-order valence-electron chi connectivity index (χ1n) is 6.39. The number of hydrogen-bond donors (Lipinski definition) is 1. The second-order valence-corrected chi connectivity index (χ2v) is 7.13. The van der Waals surface area contributed by atoms with Crippen molar-refractivity contribution in [1.29, 1.82) is 0 Å². The van der Waals surface area contributed by atoms with E-state index in [0.29, 0.717) is 11.0 Å². The Morgan fingerprint density at radius 2 is 2.05 bits per heavy atom. The molecule has 1 aromatic carbocycles. The zero-order chi connectivity index (χ0) is 14.9. The lowest BCUT2D eigenvalue weighted by atomic mass is 10.2. The minimum absolute atomic E-state index is 0.565. The Hall–Kier alpha value is -2.03. The van der Waals surface area contributed by atoms with Crippen molar-refractivity contribution >= 4 is 44.9 Å². The molecule has 0 aliphatic rings. The van der Waals surface area contributed by atoms with Crippen LogP contribution in [0.5, 0.6) is 0 Å². The van der Waals surface area contributed by atoms with Crippen LogP contribution in [0.15, 0.2) is 36.8 Å². The Morgan fingerprint density at radius 1 is 1.18 bits per heavy atom. The molecule has 1 N–H and O–H groups in total. The van der Waals surface area contributed by atoms with Crippen molar-refractivity contribution in [3.05, 3.63) is 46.1 Å².